The Morgan fingerprint density at radius 3 is 1.27 bits per heavy atom. The minimum atomic E-state index is -3.29. The molecule has 17 heteroatoms. The zero-order chi connectivity index (χ0) is 30.4. The predicted molar refractivity (Wildman–Crippen MR) is 115 cm³/mol. The number of benzene rings is 3. The fourth-order valence-electron chi connectivity index (χ4n) is 3.01. The quantitative estimate of drug-likeness (QED) is 0.127. The maximum absolute atomic E-state index is 15.3. The Morgan fingerprint density at radius 2 is 0.875 bits per heavy atom. The largest absolute Gasteiger partial charge is 0.864 e. The summed E-state index contributed by atoms with van der Waals surface area (Å²) in [7, 11) is -2.25. The van der Waals surface area contributed by atoms with E-state index in [1.165, 1.54) is 20.8 Å². The molecule has 0 saturated heterocycles. The van der Waals surface area contributed by atoms with Gasteiger partial charge in [-0.25, -0.2) is 39.5 Å². The van der Waals surface area contributed by atoms with Crippen LogP contribution in [0, 0.1) is 69.8 Å². The third-order valence-electron chi connectivity index (χ3n) is 5.33. The molecule has 3 rings (SSSR count). The molecule has 0 fully saturated rings. The van der Waals surface area contributed by atoms with Crippen molar-refractivity contribution in [2.24, 2.45) is 0 Å². The second-order valence-electron chi connectivity index (χ2n) is 8.90. The Hall–Kier alpha value is -3.92. The van der Waals surface area contributed by atoms with Gasteiger partial charge >= 0.3 is 7.32 Å². The van der Waals surface area contributed by atoms with E-state index >= 15 is 4.39 Å². The number of hydrogen-bond acceptors (Lipinski definition) is 4. The van der Waals surface area contributed by atoms with Crippen LogP contribution in [0.1, 0.15) is 20.8 Å². The van der Waals surface area contributed by atoms with Crippen LogP contribution in [-0.2, 0) is 0 Å². The first-order chi connectivity index (χ1) is 18.4. The average molecular weight is 591 g/mol. The first-order valence-electron chi connectivity index (χ1n) is 10.6. The molecular weight excluding hydrogens is 577 g/mol. The molecule has 0 bridgehead atoms. The molecule has 0 N–H and O–H groups in total. The summed E-state index contributed by atoms with van der Waals surface area (Å²) in [4.78, 5) is 0.757. The Labute approximate surface area is 217 Å². The first-order valence-corrected chi connectivity index (χ1v) is 10.6. The second-order valence-corrected chi connectivity index (χ2v) is 8.90. The molecule has 3 aromatic carbocycles. The lowest BCUT2D eigenvalue weighted by Gasteiger charge is -2.34. The SMILES string of the molecule is CN(c1c(F)c(F)c(F)c(OB(Oc2c(F)cc(F)c(F)c2F)Oc2c(F)cc(F)c(F)c2F)c1F)C(C)(C)C. The van der Waals surface area contributed by atoms with Gasteiger partial charge in [-0.15, -0.1) is 0 Å². The van der Waals surface area contributed by atoms with Crippen molar-refractivity contribution in [3.63, 3.8) is 0 Å². The highest BCUT2D eigenvalue weighted by Crippen LogP contribution is 2.39. The Balaban J connectivity index is 2.22. The molecular formula is C23H14BF12NO3. The molecule has 0 aromatic heterocycles. The van der Waals surface area contributed by atoms with Gasteiger partial charge in [0.15, 0.2) is 63.8 Å². The van der Waals surface area contributed by atoms with Crippen molar-refractivity contribution >= 4 is 13.0 Å². The maximum Gasteiger partial charge on any atom is 0.864 e. The third kappa shape index (κ3) is 5.54. The van der Waals surface area contributed by atoms with Gasteiger partial charge in [0.2, 0.25) is 23.3 Å². The van der Waals surface area contributed by atoms with Gasteiger partial charge in [-0.05, 0) is 20.8 Å². The minimum Gasteiger partial charge on any atom is -0.484 e. The molecule has 40 heavy (non-hydrogen) atoms. The molecule has 0 saturated carbocycles. The van der Waals surface area contributed by atoms with Crippen LogP contribution in [0.3, 0.4) is 0 Å². The summed E-state index contributed by atoms with van der Waals surface area (Å²) in [6.07, 6.45) is 0. The standard InChI is InChI=1S/C23H14BF12NO3/c1-23(2,3)37(4)19-14(32)13(31)17(35)22(18(19)36)40-24(38-20-9(27)5-7(25)11(29)15(20)33)39-21-10(28)6-8(26)12(30)16(21)34/h5-6H,1-4H3. The van der Waals surface area contributed by atoms with Gasteiger partial charge in [0, 0.05) is 24.7 Å². The van der Waals surface area contributed by atoms with Crippen molar-refractivity contribution in [3.8, 4) is 17.2 Å². The van der Waals surface area contributed by atoms with Crippen LogP contribution in [0.25, 0.3) is 0 Å². The zero-order valence-electron chi connectivity index (χ0n) is 20.4. The molecule has 0 amide bonds. The molecule has 0 atom stereocenters. The molecule has 0 radical (unpaired) electrons. The topological polar surface area (TPSA) is 30.9 Å². The number of rotatable bonds is 7. The van der Waals surface area contributed by atoms with Crippen molar-refractivity contribution in [2.45, 2.75) is 26.3 Å². The fourth-order valence-corrected chi connectivity index (χ4v) is 3.01. The lowest BCUT2D eigenvalue weighted by atomic mass is 10.0. The summed E-state index contributed by atoms with van der Waals surface area (Å²) < 4.78 is 183. The monoisotopic (exact) mass is 591 g/mol. The lowest BCUT2D eigenvalue weighted by molar-refractivity contribution is 0.258. The van der Waals surface area contributed by atoms with E-state index in [9.17, 15) is 48.3 Å². The van der Waals surface area contributed by atoms with Crippen LogP contribution >= 0.6 is 0 Å². The minimum absolute atomic E-state index is 0.293. The molecule has 0 spiro atoms. The Morgan fingerprint density at radius 1 is 0.500 bits per heavy atom. The second kappa shape index (κ2) is 10.9. The van der Waals surface area contributed by atoms with E-state index in [1.807, 2.05) is 0 Å². The highest BCUT2D eigenvalue weighted by atomic mass is 19.2. The first kappa shape index (κ1) is 30.6. The molecule has 0 aliphatic carbocycles. The zero-order valence-corrected chi connectivity index (χ0v) is 20.4. The molecule has 0 unspecified atom stereocenters. The normalized spacial score (nSPS) is 11.5. The van der Waals surface area contributed by atoms with Crippen molar-refractivity contribution in [3.05, 3.63) is 81.9 Å². The van der Waals surface area contributed by atoms with Crippen molar-refractivity contribution in [1.82, 2.24) is 0 Å². The van der Waals surface area contributed by atoms with Crippen molar-refractivity contribution < 1.29 is 66.6 Å². The molecule has 0 aliphatic heterocycles. The van der Waals surface area contributed by atoms with E-state index in [-0.39, 0.29) is 12.1 Å². The van der Waals surface area contributed by atoms with Crippen molar-refractivity contribution in [1.29, 1.82) is 0 Å². The Kier molecular flexibility index (Phi) is 8.36. The number of hydrogen-bond donors (Lipinski definition) is 0. The van der Waals surface area contributed by atoms with Crippen LogP contribution in [0.4, 0.5) is 58.4 Å². The predicted octanol–water partition coefficient (Wildman–Crippen LogP) is 7.11. The van der Waals surface area contributed by atoms with E-state index in [4.69, 9.17) is 0 Å². The smallest absolute Gasteiger partial charge is 0.484 e. The summed E-state index contributed by atoms with van der Waals surface area (Å²) in [5.74, 6) is -32.9. The van der Waals surface area contributed by atoms with Gasteiger partial charge in [0.1, 0.15) is 5.69 Å². The van der Waals surface area contributed by atoms with E-state index < -0.39 is 106 Å². The summed E-state index contributed by atoms with van der Waals surface area (Å²) >= 11 is 0. The summed E-state index contributed by atoms with van der Waals surface area (Å²) in [6, 6.07) is -0.586. The van der Waals surface area contributed by atoms with Crippen LogP contribution in [0.2, 0.25) is 0 Å². The third-order valence-corrected chi connectivity index (χ3v) is 5.33. The van der Waals surface area contributed by atoms with Crippen LogP contribution in [-0.4, -0.2) is 19.9 Å². The van der Waals surface area contributed by atoms with Crippen LogP contribution in [0.5, 0.6) is 17.2 Å². The van der Waals surface area contributed by atoms with Gasteiger partial charge in [-0.3, -0.25) is 0 Å². The van der Waals surface area contributed by atoms with Gasteiger partial charge in [-0.2, -0.15) is 13.2 Å². The van der Waals surface area contributed by atoms with Crippen LogP contribution < -0.4 is 18.9 Å². The maximum atomic E-state index is 15.3. The average Bonchev–Trinajstić information content (AvgIpc) is 2.86. The molecule has 0 aliphatic rings. The van der Waals surface area contributed by atoms with E-state index in [0.29, 0.717) is 0 Å². The summed E-state index contributed by atoms with van der Waals surface area (Å²) in [5, 5.41) is 0. The lowest BCUT2D eigenvalue weighted by Crippen LogP contribution is -2.41. The number of halogens is 12. The summed E-state index contributed by atoms with van der Waals surface area (Å²) in [6.45, 7) is 4.14. The van der Waals surface area contributed by atoms with Crippen molar-refractivity contribution in [2.75, 3.05) is 11.9 Å². The number of anilines is 1. The van der Waals surface area contributed by atoms with Gasteiger partial charge in [-0.1, -0.05) is 0 Å². The molecule has 3 aromatic rings. The highest BCUT2D eigenvalue weighted by Gasteiger charge is 2.41. The molecule has 216 valence electrons. The summed E-state index contributed by atoms with van der Waals surface area (Å²) in [5.41, 5.74) is -2.46. The molecule has 0 heterocycles. The van der Waals surface area contributed by atoms with Gasteiger partial charge in [0.05, 0.1) is 0 Å². The van der Waals surface area contributed by atoms with E-state index in [1.54, 1.807) is 0 Å². The fraction of sp³-hybridized carbons (Fsp3) is 0.217. The van der Waals surface area contributed by atoms with Crippen LogP contribution in [0.15, 0.2) is 12.1 Å². The molecule has 4 nitrogen and oxygen atoms in total. The Bertz CT molecular complexity index is 1420. The van der Waals surface area contributed by atoms with Gasteiger partial charge < -0.3 is 18.9 Å². The highest BCUT2D eigenvalue weighted by molar-refractivity contribution is 6.39. The van der Waals surface area contributed by atoms with E-state index in [0.717, 1.165) is 11.9 Å². The number of nitrogens with zero attached hydrogens (tertiary/aromatic N) is 1. The van der Waals surface area contributed by atoms with E-state index in [2.05, 4.69) is 14.0 Å². The van der Waals surface area contributed by atoms with Gasteiger partial charge in [0.25, 0.3) is 0 Å².